The number of carboxylic acid groups (broad SMARTS) is 1. The first-order valence-corrected chi connectivity index (χ1v) is 44.9. The number of hydrogen-bond acceptors (Lipinski definition) is 36. The standard InChI is InChI=1S/C54H64O20.C24H24O10.C13H18O6.Cl2OS/c1-5-45(55)67-27-7-9-29-69-47(57)33-11-15-37(16-12-33)51(61)73-43-25-23-39(31-41(43)53(63)65-3)71-49(59)35-19-21-36(22-20-35)50(60)72-40-24-26-44(42(32-40)54(64)66-4)74-52(62)38-17-13-34(14-18-38)48(58)70-30-10-8-28-68-46(56)6-2;1-31-23(29)17-11-15(7-9-19(17)25)33-21(27)13-3-5-14(6-4-13)22(28)34-16-8-10-20(26)18(12-16)24(30)32-2;1-2-11(14)18-7-8-19-13(17)10-5-3-9(4-6-10)12(15)16;1-4(2)3/h5-6,23-26,31-38H,1-2,7-22,27-30H2,3-4H3;7-14,25-26H,3-6H2,1-2H3;2,9-10H,1,3-8H2,(H,15,16);. The quantitative estimate of drug-likeness (QED) is 0.00950. The highest BCUT2D eigenvalue weighted by atomic mass is 36.0. The highest BCUT2D eigenvalue weighted by molar-refractivity contribution is 8.26. The van der Waals surface area contributed by atoms with E-state index in [1.54, 1.807) is 0 Å². The number of carbonyl (C=O) groups is 17. The second-order valence-electron chi connectivity index (χ2n) is 30.5. The zero-order valence-electron chi connectivity index (χ0n) is 72.7. The number of carboxylic acids is 1. The number of ether oxygens (including phenoxy) is 16. The molecule has 0 atom stereocenters. The molecule has 0 radical (unpaired) electrons. The van der Waals surface area contributed by atoms with Gasteiger partial charge >= 0.3 is 101 Å². The van der Waals surface area contributed by atoms with E-state index in [2.05, 4.69) is 55.3 Å². The molecule has 0 aliphatic heterocycles. The Morgan fingerprint density at radius 3 is 0.756 bits per heavy atom. The molecule has 0 spiro atoms. The predicted octanol–water partition coefficient (Wildman–Crippen LogP) is 12.3. The average molecular weight is 1890 g/mol. The predicted molar refractivity (Wildman–Crippen MR) is 458 cm³/mol. The number of hydrogen-bond donors (Lipinski definition) is 3. The number of carbonyl (C=O) groups excluding carboxylic acids is 16. The molecule has 5 aliphatic carbocycles. The van der Waals surface area contributed by atoms with Crippen molar-refractivity contribution >= 4 is 132 Å². The van der Waals surface area contributed by atoms with Gasteiger partial charge in [0, 0.05) is 39.6 Å². The largest absolute Gasteiger partial charge is 0.507 e. The lowest BCUT2D eigenvalue weighted by atomic mass is 9.82. The number of rotatable bonds is 36. The fraction of sp³-hybridized carbons (Fsp3) is 0.484. The van der Waals surface area contributed by atoms with Crippen LogP contribution in [0, 0.1) is 59.2 Å². The minimum atomic E-state index is -1.67. The van der Waals surface area contributed by atoms with E-state index in [1.165, 1.54) is 87.0 Å². The molecule has 0 saturated heterocycles. The summed E-state index contributed by atoms with van der Waals surface area (Å²) in [6.45, 7) is 10.6. The molecule has 4 aromatic rings. The molecule has 0 bridgehead atoms. The molecule has 37 nitrogen and oxygen atoms in total. The lowest BCUT2D eigenvalue weighted by Gasteiger charge is -2.26. The summed E-state index contributed by atoms with van der Waals surface area (Å²) in [5, 5.41) is 28.3. The molecule has 5 aliphatic rings. The van der Waals surface area contributed by atoms with Crippen LogP contribution in [0.25, 0.3) is 0 Å². The van der Waals surface area contributed by atoms with E-state index in [-0.39, 0.29) is 175 Å². The monoisotopic (exact) mass is 1890 g/mol. The molecule has 0 amide bonds. The number of aromatic hydroxyl groups is 2. The number of methoxy groups -OCH3 is 4. The molecule has 0 aromatic heterocycles. The molecular weight excluding hydrogens is 1790 g/mol. The highest BCUT2D eigenvalue weighted by Gasteiger charge is 2.39. The van der Waals surface area contributed by atoms with Gasteiger partial charge in [0.15, 0.2) is 0 Å². The van der Waals surface area contributed by atoms with Crippen LogP contribution in [0.3, 0.4) is 0 Å². The molecule has 9 rings (SSSR count). The summed E-state index contributed by atoms with van der Waals surface area (Å²) in [7, 11) is 12.0. The Balaban J connectivity index is 0.000000376. The number of unbranched alkanes of at least 4 members (excludes halogenated alkanes) is 2. The zero-order valence-corrected chi connectivity index (χ0v) is 75.0. The summed E-state index contributed by atoms with van der Waals surface area (Å²) in [5.41, 5.74) is -0.537. The average Bonchev–Trinajstić information content (AvgIpc) is 0.796. The van der Waals surface area contributed by atoms with Gasteiger partial charge in [-0.1, -0.05) is 19.7 Å². The van der Waals surface area contributed by atoms with E-state index in [0.717, 1.165) is 32.4 Å². The summed E-state index contributed by atoms with van der Waals surface area (Å²) in [6.07, 6.45) is 13.0. The van der Waals surface area contributed by atoms with Crippen LogP contribution in [0.2, 0.25) is 0 Å². The molecule has 5 saturated carbocycles. The van der Waals surface area contributed by atoms with Crippen molar-refractivity contribution in [3.05, 3.63) is 133 Å². The second kappa shape index (κ2) is 56.1. The lowest BCUT2D eigenvalue weighted by molar-refractivity contribution is -0.155. The van der Waals surface area contributed by atoms with Crippen LogP contribution in [-0.2, 0) is 119 Å². The molecular formula is C91H106Cl2O37S. The molecule has 40 heteroatoms. The minimum absolute atomic E-state index is 0.00106. The first-order chi connectivity index (χ1) is 62.6. The number of benzene rings is 4. The third kappa shape index (κ3) is 36.0. The van der Waals surface area contributed by atoms with Crippen LogP contribution in [0.15, 0.2) is 111 Å². The van der Waals surface area contributed by atoms with Crippen molar-refractivity contribution in [2.24, 2.45) is 59.2 Å². The minimum Gasteiger partial charge on any atom is -0.507 e. The van der Waals surface area contributed by atoms with Crippen LogP contribution in [-0.4, -0.2) is 189 Å². The Labute approximate surface area is 765 Å². The smallest absolute Gasteiger partial charge is 0.341 e. The summed E-state index contributed by atoms with van der Waals surface area (Å²) in [4.78, 5) is 208. The van der Waals surface area contributed by atoms with Gasteiger partial charge in [0.25, 0.3) is 0 Å². The van der Waals surface area contributed by atoms with Gasteiger partial charge in [0.2, 0.25) is 9.23 Å². The van der Waals surface area contributed by atoms with E-state index in [1.807, 2.05) is 0 Å². The topological polar surface area (TPSA) is 516 Å². The van der Waals surface area contributed by atoms with E-state index in [0.29, 0.717) is 128 Å². The molecule has 712 valence electrons. The van der Waals surface area contributed by atoms with E-state index in [9.17, 15) is 91.7 Å². The Morgan fingerprint density at radius 2 is 0.504 bits per heavy atom. The maximum atomic E-state index is 13.3. The summed E-state index contributed by atoms with van der Waals surface area (Å²) in [6, 6.07) is 15.6. The molecule has 0 unspecified atom stereocenters. The van der Waals surface area contributed by atoms with Gasteiger partial charge in [0.05, 0.1) is 114 Å². The maximum absolute atomic E-state index is 13.3. The Kier molecular flexibility index (Phi) is 45.9. The summed E-state index contributed by atoms with van der Waals surface area (Å²) in [5.74, 6) is -15.2. The first kappa shape index (κ1) is 107. The van der Waals surface area contributed by atoms with Crippen LogP contribution >= 0.6 is 21.4 Å². The fourth-order valence-electron chi connectivity index (χ4n) is 14.5. The van der Waals surface area contributed by atoms with Crippen LogP contribution in [0.1, 0.15) is 196 Å². The lowest BCUT2D eigenvalue weighted by Crippen LogP contribution is -2.30. The van der Waals surface area contributed by atoms with E-state index < -0.39 is 128 Å². The number of phenolic OH excluding ortho intramolecular Hbond substituents is 2. The van der Waals surface area contributed by atoms with Crippen molar-refractivity contribution < 1.29 is 177 Å². The van der Waals surface area contributed by atoms with Crippen molar-refractivity contribution in [1.82, 2.24) is 0 Å². The number of esters is 16. The molecule has 4 aromatic carbocycles. The third-order valence-electron chi connectivity index (χ3n) is 21.9. The first-order valence-electron chi connectivity index (χ1n) is 42.1. The molecule has 0 heterocycles. The fourth-order valence-corrected chi connectivity index (χ4v) is 14.5. The summed E-state index contributed by atoms with van der Waals surface area (Å²) < 4.78 is 91.5. The van der Waals surface area contributed by atoms with Crippen molar-refractivity contribution in [2.45, 2.75) is 154 Å². The number of halogens is 2. The zero-order chi connectivity index (χ0) is 96.2. The summed E-state index contributed by atoms with van der Waals surface area (Å²) >= 11 is 0. The van der Waals surface area contributed by atoms with Crippen molar-refractivity contribution in [2.75, 3.05) is 68.1 Å². The second-order valence-corrected chi connectivity index (χ2v) is 33.0. The SMILES string of the molecule is C=CC(=O)OCCCCOC(=O)C1CCC(C(=O)Oc2ccc(OC(=O)C3CCC(C(=O)Oc4ccc(OC(=O)C5CCC(C(=O)OCCCCOC(=O)C=C)CC5)c(C(=O)OC)c4)CC3)cc2C(=O)OC)CC1.C=CC(=O)OCCOC(=O)C1CCC(C(=O)O)CC1.COC(=O)c1cc(OC(=O)C2CCC(C(=O)Oc3ccc(O)c(C(=O)OC)c3)CC2)ccc1O.O=S(Cl)Cl. The number of phenols is 2. The van der Waals surface area contributed by atoms with Gasteiger partial charge in [-0.2, -0.15) is 0 Å². The van der Waals surface area contributed by atoms with Crippen LogP contribution in [0.4, 0.5) is 0 Å². The molecule has 3 N–H and O–H groups in total. The molecule has 5 fully saturated rings. The Hall–Kier alpha value is -12.6. The highest BCUT2D eigenvalue weighted by Crippen LogP contribution is 2.39. The maximum Gasteiger partial charge on any atom is 0.341 e. The molecule has 131 heavy (non-hydrogen) atoms. The van der Waals surface area contributed by atoms with Crippen molar-refractivity contribution in [3.8, 4) is 46.0 Å². The number of aliphatic carboxylic acids is 1. The van der Waals surface area contributed by atoms with Crippen molar-refractivity contribution in [3.63, 3.8) is 0 Å². The van der Waals surface area contributed by atoms with Gasteiger partial charge in [-0.05, 0) is 227 Å². The van der Waals surface area contributed by atoms with Gasteiger partial charge in [-0.15, -0.1) is 0 Å². The van der Waals surface area contributed by atoms with Gasteiger partial charge in [-0.25, -0.2) is 37.8 Å². The van der Waals surface area contributed by atoms with Crippen LogP contribution in [0.5, 0.6) is 46.0 Å². The third-order valence-corrected chi connectivity index (χ3v) is 21.9. The van der Waals surface area contributed by atoms with Gasteiger partial charge in [0.1, 0.15) is 81.5 Å². The Morgan fingerprint density at radius 1 is 0.305 bits per heavy atom. The van der Waals surface area contributed by atoms with E-state index in [4.69, 9.17) is 70.9 Å². The van der Waals surface area contributed by atoms with Crippen molar-refractivity contribution in [1.29, 1.82) is 0 Å². The Bertz CT molecular complexity index is 4470. The van der Waals surface area contributed by atoms with Crippen LogP contribution < -0.4 is 28.4 Å². The van der Waals surface area contributed by atoms with Gasteiger partial charge in [-0.3, -0.25) is 47.9 Å². The van der Waals surface area contributed by atoms with Gasteiger partial charge < -0.3 is 91.1 Å². The van der Waals surface area contributed by atoms with E-state index >= 15 is 0 Å². The normalized spacial score (nSPS) is 19.4.